The lowest BCUT2D eigenvalue weighted by Crippen LogP contribution is -2.30. The minimum Gasteiger partial charge on any atom is -0.370 e. The zero-order valence-electron chi connectivity index (χ0n) is 13.5. The van der Waals surface area contributed by atoms with Crippen LogP contribution in [0.4, 0.5) is 0 Å². The molecular formula is C18H35NO. The zero-order chi connectivity index (χ0) is 14.6. The Hall–Kier alpha value is -0.530. The predicted molar refractivity (Wildman–Crippen MR) is 86.5 cm³/mol. The van der Waals surface area contributed by atoms with Crippen molar-refractivity contribution in [2.75, 3.05) is 0 Å². The summed E-state index contributed by atoms with van der Waals surface area (Å²) in [5, 5.41) is 0. The zero-order valence-corrected chi connectivity index (χ0v) is 13.5. The van der Waals surface area contributed by atoms with Crippen molar-refractivity contribution >= 4 is 5.91 Å². The summed E-state index contributed by atoms with van der Waals surface area (Å²) in [6.07, 6.45) is 18.6. The molecule has 0 aromatic heterocycles. The first-order chi connectivity index (χ1) is 9.74. The van der Waals surface area contributed by atoms with Crippen LogP contribution in [0.2, 0.25) is 0 Å². The number of unbranched alkanes of at least 4 members (excludes halogenated alkanes) is 9. The summed E-state index contributed by atoms with van der Waals surface area (Å²) in [4.78, 5) is 10.9. The molecule has 0 aliphatic heterocycles. The average molecular weight is 281 g/mol. The summed E-state index contributed by atoms with van der Waals surface area (Å²) < 4.78 is 0. The largest absolute Gasteiger partial charge is 0.370 e. The molecule has 2 nitrogen and oxygen atoms in total. The van der Waals surface area contributed by atoms with Gasteiger partial charge >= 0.3 is 0 Å². The van der Waals surface area contributed by atoms with E-state index < -0.39 is 0 Å². The van der Waals surface area contributed by atoms with Crippen LogP contribution < -0.4 is 5.73 Å². The second-order valence-corrected chi connectivity index (χ2v) is 6.74. The van der Waals surface area contributed by atoms with E-state index in [1.807, 2.05) is 0 Å². The van der Waals surface area contributed by atoms with Crippen LogP contribution in [0, 0.1) is 11.8 Å². The fraction of sp³-hybridized carbons (Fsp3) is 0.944. The Bertz CT molecular complexity index is 252. The molecule has 2 unspecified atom stereocenters. The Morgan fingerprint density at radius 2 is 1.35 bits per heavy atom. The lowest BCUT2D eigenvalue weighted by atomic mass is 9.69. The van der Waals surface area contributed by atoms with Crippen LogP contribution in [-0.4, -0.2) is 5.91 Å². The standard InChI is InChI=1S/C18H35NO/c1-2-3-4-5-6-7-8-9-10-11-12-16-13-14-17(16)15-18(19)20/h16-17H,2-15H2,1H3,(H2,19,20). The van der Waals surface area contributed by atoms with Gasteiger partial charge in [-0.25, -0.2) is 0 Å². The molecule has 0 aromatic carbocycles. The molecule has 1 saturated carbocycles. The van der Waals surface area contributed by atoms with Crippen molar-refractivity contribution in [1.82, 2.24) is 0 Å². The summed E-state index contributed by atoms with van der Waals surface area (Å²) in [6.45, 7) is 2.27. The fourth-order valence-corrected chi connectivity index (χ4v) is 3.44. The fourth-order valence-electron chi connectivity index (χ4n) is 3.44. The molecule has 20 heavy (non-hydrogen) atoms. The van der Waals surface area contributed by atoms with E-state index in [0.717, 1.165) is 5.92 Å². The van der Waals surface area contributed by atoms with Crippen LogP contribution in [0.3, 0.4) is 0 Å². The quantitative estimate of drug-likeness (QED) is 0.463. The van der Waals surface area contributed by atoms with Crippen molar-refractivity contribution in [2.45, 2.75) is 96.8 Å². The number of carbonyl (C=O) groups excluding carboxylic acids is 1. The highest BCUT2D eigenvalue weighted by molar-refractivity contribution is 5.74. The Labute approximate surface area is 125 Å². The van der Waals surface area contributed by atoms with Crippen molar-refractivity contribution in [2.24, 2.45) is 17.6 Å². The van der Waals surface area contributed by atoms with Gasteiger partial charge < -0.3 is 5.73 Å². The summed E-state index contributed by atoms with van der Waals surface area (Å²) in [5.41, 5.74) is 5.28. The Morgan fingerprint density at radius 1 is 0.850 bits per heavy atom. The third-order valence-electron chi connectivity index (χ3n) is 4.97. The highest BCUT2D eigenvalue weighted by atomic mass is 16.1. The van der Waals surface area contributed by atoms with Gasteiger partial charge in [-0.05, 0) is 24.7 Å². The second kappa shape index (κ2) is 11.2. The van der Waals surface area contributed by atoms with E-state index in [2.05, 4.69) is 6.92 Å². The van der Waals surface area contributed by atoms with Gasteiger partial charge in [0.1, 0.15) is 0 Å². The SMILES string of the molecule is CCCCCCCCCCCCC1CCC1CC(N)=O. The third kappa shape index (κ3) is 7.91. The van der Waals surface area contributed by atoms with E-state index >= 15 is 0 Å². The van der Waals surface area contributed by atoms with Crippen LogP contribution >= 0.6 is 0 Å². The molecule has 1 aliphatic rings. The number of rotatable bonds is 13. The smallest absolute Gasteiger partial charge is 0.217 e. The molecule has 1 amide bonds. The maximum Gasteiger partial charge on any atom is 0.217 e. The molecule has 0 aromatic rings. The third-order valence-corrected chi connectivity index (χ3v) is 4.97. The molecule has 2 N–H and O–H groups in total. The lowest BCUT2D eigenvalue weighted by molar-refractivity contribution is -0.120. The van der Waals surface area contributed by atoms with Crippen molar-refractivity contribution in [3.63, 3.8) is 0 Å². The number of nitrogens with two attached hydrogens (primary N) is 1. The van der Waals surface area contributed by atoms with E-state index in [1.54, 1.807) is 0 Å². The topological polar surface area (TPSA) is 43.1 Å². The lowest BCUT2D eigenvalue weighted by Gasteiger charge is -2.36. The van der Waals surface area contributed by atoms with Crippen LogP contribution in [0.1, 0.15) is 96.8 Å². The molecule has 0 saturated heterocycles. The number of amides is 1. The predicted octanol–water partition coefficient (Wildman–Crippen LogP) is 5.20. The van der Waals surface area contributed by atoms with Gasteiger partial charge in [-0.2, -0.15) is 0 Å². The highest BCUT2D eigenvalue weighted by Gasteiger charge is 2.30. The van der Waals surface area contributed by atoms with Gasteiger partial charge in [0.25, 0.3) is 0 Å². The summed E-state index contributed by atoms with van der Waals surface area (Å²) >= 11 is 0. The van der Waals surface area contributed by atoms with E-state index in [-0.39, 0.29) is 5.91 Å². The molecular weight excluding hydrogens is 246 g/mol. The first-order valence-corrected chi connectivity index (χ1v) is 9.02. The van der Waals surface area contributed by atoms with Gasteiger partial charge in [0.15, 0.2) is 0 Å². The van der Waals surface area contributed by atoms with Crippen molar-refractivity contribution in [1.29, 1.82) is 0 Å². The molecule has 118 valence electrons. The molecule has 0 radical (unpaired) electrons. The molecule has 1 aliphatic carbocycles. The maximum atomic E-state index is 10.9. The van der Waals surface area contributed by atoms with Gasteiger partial charge in [0.2, 0.25) is 5.91 Å². The van der Waals surface area contributed by atoms with Gasteiger partial charge in [-0.15, -0.1) is 0 Å². The molecule has 2 heteroatoms. The summed E-state index contributed by atoms with van der Waals surface area (Å²) in [7, 11) is 0. The molecule has 1 fully saturated rings. The van der Waals surface area contributed by atoms with Gasteiger partial charge in [-0.1, -0.05) is 77.6 Å². The summed E-state index contributed by atoms with van der Waals surface area (Å²) in [5.74, 6) is 1.31. The van der Waals surface area contributed by atoms with Crippen LogP contribution in [0.25, 0.3) is 0 Å². The van der Waals surface area contributed by atoms with E-state index in [4.69, 9.17) is 5.73 Å². The normalized spacial score (nSPS) is 21.6. The first kappa shape index (κ1) is 17.5. The van der Waals surface area contributed by atoms with E-state index in [1.165, 1.54) is 83.5 Å². The van der Waals surface area contributed by atoms with Gasteiger partial charge in [-0.3, -0.25) is 4.79 Å². The molecule has 2 atom stereocenters. The number of primary amides is 1. The van der Waals surface area contributed by atoms with Crippen LogP contribution in [0.5, 0.6) is 0 Å². The minimum absolute atomic E-state index is 0.109. The van der Waals surface area contributed by atoms with E-state index in [0.29, 0.717) is 12.3 Å². The van der Waals surface area contributed by atoms with Crippen molar-refractivity contribution in [3.8, 4) is 0 Å². The average Bonchev–Trinajstić information content (AvgIpc) is 2.41. The van der Waals surface area contributed by atoms with Crippen molar-refractivity contribution in [3.05, 3.63) is 0 Å². The molecule has 0 bridgehead atoms. The van der Waals surface area contributed by atoms with E-state index in [9.17, 15) is 4.79 Å². The minimum atomic E-state index is -0.109. The Balaban J connectivity index is 1.82. The molecule has 0 spiro atoms. The number of hydrogen-bond acceptors (Lipinski definition) is 1. The van der Waals surface area contributed by atoms with Gasteiger partial charge in [0, 0.05) is 6.42 Å². The number of carbonyl (C=O) groups is 1. The van der Waals surface area contributed by atoms with Crippen molar-refractivity contribution < 1.29 is 4.79 Å². The highest BCUT2D eigenvalue weighted by Crippen LogP contribution is 2.40. The Kier molecular flexibility index (Phi) is 9.78. The second-order valence-electron chi connectivity index (χ2n) is 6.74. The summed E-state index contributed by atoms with van der Waals surface area (Å²) in [6, 6.07) is 0. The molecule has 0 heterocycles. The molecule has 1 rings (SSSR count). The Morgan fingerprint density at radius 3 is 1.80 bits per heavy atom. The number of hydrogen-bond donors (Lipinski definition) is 1. The van der Waals surface area contributed by atoms with Crippen LogP contribution in [0.15, 0.2) is 0 Å². The van der Waals surface area contributed by atoms with Gasteiger partial charge in [0.05, 0.1) is 0 Å². The first-order valence-electron chi connectivity index (χ1n) is 9.02. The van der Waals surface area contributed by atoms with Crippen LogP contribution in [-0.2, 0) is 4.79 Å². The monoisotopic (exact) mass is 281 g/mol. The maximum absolute atomic E-state index is 10.9.